The maximum Gasteiger partial charge on any atom is 0.118 e. The van der Waals surface area contributed by atoms with Crippen LogP contribution in [0, 0.1) is 0 Å². The summed E-state index contributed by atoms with van der Waals surface area (Å²) in [4.78, 5) is 2.51. The number of ether oxygens (including phenoxy) is 1. The third-order valence-corrected chi connectivity index (χ3v) is 4.08. The molecular weight excluding hydrogens is 236 g/mol. The first-order valence-electron chi connectivity index (χ1n) is 7.33. The van der Waals surface area contributed by atoms with Crippen molar-refractivity contribution >= 4 is 0 Å². The van der Waals surface area contributed by atoms with Gasteiger partial charge in [-0.1, -0.05) is 25.0 Å². The molecule has 0 heterocycles. The highest BCUT2D eigenvalue weighted by Crippen LogP contribution is 2.21. The summed E-state index contributed by atoms with van der Waals surface area (Å²) in [6.45, 7) is 3.13. The second-order valence-corrected chi connectivity index (χ2v) is 5.44. The zero-order chi connectivity index (χ0) is 13.5. The quantitative estimate of drug-likeness (QED) is 0.765. The lowest BCUT2D eigenvalue weighted by Crippen LogP contribution is -2.35. The molecule has 0 unspecified atom stereocenters. The SMILES string of the molecule is COc1ccc(CNCCN(C)C2CCCC2)cc1. The lowest BCUT2D eigenvalue weighted by molar-refractivity contribution is 0.245. The van der Waals surface area contributed by atoms with Crippen molar-refractivity contribution in [2.24, 2.45) is 0 Å². The van der Waals surface area contributed by atoms with Gasteiger partial charge in [0, 0.05) is 25.7 Å². The molecule has 0 aromatic heterocycles. The van der Waals surface area contributed by atoms with E-state index in [0.29, 0.717) is 0 Å². The first kappa shape index (κ1) is 14.4. The second-order valence-electron chi connectivity index (χ2n) is 5.44. The van der Waals surface area contributed by atoms with Crippen molar-refractivity contribution in [1.29, 1.82) is 0 Å². The highest BCUT2D eigenvalue weighted by atomic mass is 16.5. The first-order chi connectivity index (χ1) is 9.29. The van der Waals surface area contributed by atoms with E-state index in [-0.39, 0.29) is 0 Å². The Hall–Kier alpha value is -1.06. The molecule has 0 amide bonds. The molecule has 3 heteroatoms. The van der Waals surface area contributed by atoms with E-state index in [9.17, 15) is 0 Å². The van der Waals surface area contributed by atoms with Crippen LogP contribution in [-0.4, -0.2) is 38.2 Å². The van der Waals surface area contributed by atoms with Crippen molar-refractivity contribution in [1.82, 2.24) is 10.2 Å². The van der Waals surface area contributed by atoms with E-state index >= 15 is 0 Å². The van der Waals surface area contributed by atoms with Crippen LogP contribution < -0.4 is 10.1 Å². The summed E-state index contributed by atoms with van der Waals surface area (Å²) in [5.74, 6) is 0.921. The average molecular weight is 262 g/mol. The molecule has 2 rings (SSSR count). The van der Waals surface area contributed by atoms with Crippen molar-refractivity contribution in [3.8, 4) is 5.75 Å². The fraction of sp³-hybridized carbons (Fsp3) is 0.625. The van der Waals surface area contributed by atoms with Gasteiger partial charge in [0.15, 0.2) is 0 Å². The van der Waals surface area contributed by atoms with Gasteiger partial charge in [-0.05, 0) is 37.6 Å². The monoisotopic (exact) mass is 262 g/mol. The topological polar surface area (TPSA) is 24.5 Å². The Balaban J connectivity index is 1.62. The van der Waals surface area contributed by atoms with Crippen LogP contribution in [0.15, 0.2) is 24.3 Å². The molecule has 0 radical (unpaired) electrons. The van der Waals surface area contributed by atoms with Crippen LogP contribution in [0.25, 0.3) is 0 Å². The Labute approximate surface area is 116 Å². The van der Waals surface area contributed by atoms with Gasteiger partial charge < -0.3 is 15.0 Å². The van der Waals surface area contributed by atoms with E-state index in [1.54, 1.807) is 7.11 Å². The summed E-state index contributed by atoms with van der Waals surface area (Å²) in [5, 5.41) is 3.51. The van der Waals surface area contributed by atoms with E-state index in [1.807, 2.05) is 12.1 Å². The van der Waals surface area contributed by atoms with Gasteiger partial charge in [0.2, 0.25) is 0 Å². The molecule has 1 aliphatic carbocycles. The van der Waals surface area contributed by atoms with Crippen LogP contribution in [0.3, 0.4) is 0 Å². The normalized spacial score (nSPS) is 16.2. The van der Waals surface area contributed by atoms with Gasteiger partial charge in [0.05, 0.1) is 7.11 Å². The Bertz CT molecular complexity index is 358. The van der Waals surface area contributed by atoms with Crippen LogP contribution in [0.2, 0.25) is 0 Å². The molecule has 106 valence electrons. The zero-order valence-corrected chi connectivity index (χ0v) is 12.2. The smallest absolute Gasteiger partial charge is 0.118 e. The van der Waals surface area contributed by atoms with Crippen LogP contribution >= 0.6 is 0 Å². The van der Waals surface area contributed by atoms with E-state index < -0.39 is 0 Å². The second kappa shape index (κ2) is 7.51. The van der Waals surface area contributed by atoms with Crippen molar-refractivity contribution in [3.05, 3.63) is 29.8 Å². The molecule has 0 aliphatic heterocycles. The van der Waals surface area contributed by atoms with Crippen LogP contribution in [0.5, 0.6) is 5.75 Å². The average Bonchev–Trinajstić information content (AvgIpc) is 2.98. The van der Waals surface area contributed by atoms with Gasteiger partial charge in [-0.15, -0.1) is 0 Å². The number of hydrogen-bond acceptors (Lipinski definition) is 3. The Morgan fingerprint density at radius 2 is 1.89 bits per heavy atom. The third-order valence-electron chi connectivity index (χ3n) is 4.08. The molecule has 1 fully saturated rings. The maximum atomic E-state index is 5.16. The van der Waals surface area contributed by atoms with Gasteiger partial charge in [-0.2, -0.15) is 0 Å². The van der Waals surface area contributed by atoms with E-state index in [1.165, 1.54) is 31.2 Å². The molecule has 0 atom stereocenters. The number of nitrogens with one attached hydrogen (secondary N) is 1. The summed E-state index contributed by atoms with van der Waals surface area (Å²) < 4.78 is 5.16. The lowest BCUT2D eigenvalue weighted by atomic mass is 10.2. The van der Waals surface area contributed by atoms with Gasteiger partial charge in [-0.3, -0.25) is 0 Å². The van der Waals surface area contributed by atoms with Gasteiger partial charge in [0.25, 0.3) is 0 Å². The minimum absolute atomic E-state index is 0.822. The molecule has 19 heavy (non-hydrogen) atoms. The van der Waals surface area contributed by atoms with Gasteiger partial charge in [0.1, 0.15) is 5.75 Å². The third kappa shape index (κ3) is 4.51. The predicted octanol–water partition coefficient (Wildman–Crippen LogP) is 2.66. The number of rotatable bonds is 7. The molecule has 1 N–H and O–H groups in total. The summed E-state index contributed by atoms with van der Waals surface area (Å²) in [7, 11) is 3.96. The van der Waals surface area contributed by atoms with Crippen LogP contribution in [-0.2, 0) is 6.54 Å². The number of methoxy groups -OCH3 is 1. The van der Waals surface area contributed by atoms with Crippen LogP contribution in [0.1, 0.15) is 31.2 Å². The number of nitrogens with zero attached hydrogens (tertiary/aromatic N) is 1. The van der Waals surface area contributed by atoms with Crippen molar-refractivity contribution in [2.75, 3.05) is 27.2 Å². The first-order valence-corrected chi connectivity index (χ1v) is 7.33. The van der Waals surface area contributed by atoms with Crippen molar-refractivity contribution in [3.63, 3.8) is 0 Å². The number of benzene rings is 1. The standard InChI is InChI=1S/C16H26N2O/c1-18(15-5-3-4-6-15)12-11-17-13-14-7-9-16(19-2)10-8-14/h7-10,15,17H,3-6,11-13H2,1-2H3. The minimum atomic E-state index is 0.822. The molecule has 1 aromatic rings. The fourth-order valence-electron chi connectivity index (χ4n) is 2.76. The van der Waals surface area contributed by atoms with Crippen molar-refractivity contribution in [2.45, 2.75) is 38.3 Å². The Morgan fingerprint density at radius 3 is 2.53 bits per heavy atom. The molecule has 1 saturated carbocycles. The summed E-state index contributed by atoms with van der Waals surface area (Å²) in [6, 6.07) is 9.09. The van der Waals surface area contributed by atoms with Crippen LogP contribution in [0.4, 0.5) is 0 Å². The molecular formula is C16H26N2O. The molecule has 1 aliphatic rings. The largest absolute Gasteiger partial charge is 0.497 e. The van der Waals surface area contributed by atoms with E-state index in [0.717, 1.165) is 31.4 Å². The Morgan fingerprint density at radius 1 is 1.21 bits per heavy atom. The molecule has 0 spiro atoms. The van der Waals surface area contributed by atoms with Crippen molar-refractivity contribution < 1.29 is 4.74 Å². The Kier molecular flexibility index (Phi) is 5.67. The summed E-state index contributed by atoms with van der Waals surface area (Å²) >= 11 is 0. The molecule has 1 aromatic carbocycles. The molecule has 3 nitrogen and oxygen atoms in total. The highest BCUT2D eigenvalue weighted by molar-refractivity contribution is 5.26. The summed E-state index contributed by atoms with van der Waals surface area (Å²) in [6.07, 6.45) is 5.59. The van der Waals surface area contributed by atoms with E-state index in [4.69, 9.17) is 4.74 Å². The highest BCUT2D eigenvalue weighted by Gasteiger charge is 2.18. The lowest BCUT2D eigenvalue weighted by Gasteiger charge is -2.24. The predicted molar refractivity (Wildman–Crippen MR) is 79.6 cm³/mol. The molecule has 0 bridgehead atoms. The van der Waals surface area contributed by atoms with Gasteiger partial charge >= 0.3 is 0 Å². The zero-order valence-electron chi connectivity index (χ0n) is 12.2. The van der Waals surface area contributed by atoms with Gasteiger partial charge in [-0.25, -0.2) is 0 Å². The minimum Gasteiger partial charge on any atom is -0.497 e. The number of likely N-dealkylation sites (N-methyl/N-ethyl adjacent to an activating group) is 1. The summed E-state index contributed by atoms with van der Waals surface area (Å²) in [5.41, 5.74) is 1.31. The fourth-order valence-corrected chi connectivity index (χ4v) is 2.76. The number of hydrogen-bond donors (Lipinski definition) is 1. The maximum absolute atomic E-state index is 5.16. The van der Waals surface area contributed by atoms with E-state index in [2.05, 4.69) is 29.4 Å². The molecule has 0 saturated heterocycles.